The maximum atomic E-state index is 2.42. The van der Waals surface area contributed by atoms with Crippen LogP contribution >= 0.6 is 0 Å². The highest BCUT2D eigenvalue weighted by atomic mass is 15.1. The van der Waals surface area contributed by atoms with Crippen LogP contribution in [0.3, 0.4) is 0 Å². The van der Waals surface area contributed by atoms with Gasteiger partial charge in [0.2, 0.25) is 0 Å². The van der Waals surface area contributed by atoms with Crippen molar-refractivity contribution in [3.05, 3.63) is 279 Å². The molecular formula is C66H46N2. The molecule has 0 radical (unpaired) electrons. The number of benzene rings is 11. The standard InChI is InChI=1S/C66H46N2/c1-5-14-47(15-6-1)51-24-26-52(27-25-51)54-30-38-60(39-31-54)67(59-36-28-53(29-37-59)48-16-7-2-8-17-48)61-40-32-55(33-41-61)56-22-13-23-62(44-56)68-65-42-34-57(49-18-9-3-10-19-49)45-63(65)64-46-58(35-43-66(64)68)50-20-11-4-12-21-50/h1-46H. The third-order valence-electron chi connectivity index (χ3n) is 13.2. The molecule has 320 valence electrons. The summed E-state index contributed by atoms with van der Waals surface area (Å²) < 4.78 is 2.42. The van der Waals surface area contributed by atoms with Crippen molar-refractivity contribution in [2.45, 2.75) is 0 Å². The van der Waals surface area contributed by atoms with E-state index in [4.69, 9.17) is 0 Å². The fourth-order valence-electron chi connectivity index (χ4n) is 9.72. The van der Waals surface area contributed by atoms with Crippen molar-refractivity contribution in [3.8, 4) is 72.4 Å². The van der Waals surface area contributed by atoms with E-state index in [1.165, 1.54) is 77.4 Å². The second-order valence-electron chi connectivity index (χ2n) is 17.4. The lowest BCUT2D eigenvalue weighted by Crippen LogP contribution is -2.09. The Morgan fingerprint density at radius 3 is 0.838 bits per heavy atom. The van der Waals surface area contributed by atoms with Gasteiger partial charge in [0.25, 0.3) is 0 Å². The molecule has 0 aliphatic heterocycles. The highest BCUT2D eigenvalue weighted by molar-refractivity contribution is 6.11. The number of hydrogen-bond acceptors (Lipinski definition) is 1. The average Bonchev–Trinajstić information content (AvgIpc) is 3.76. The third kappa shape index (κ3) is 7.85. The smallest absolute Gasteiger partial charge is 0.0541 e. The lowest BCUT2D eigenvalue weighted by atomic mass is 10.00. The van der Waals surface area contributed by atoms with E-state index in [9.17, 15) is 0 Å². The lowest BCUT2D eigenvalue weighted by Gasteiger charge is -2.26. The molecule has 0 aliphatic rings. The van der Waals surface area contributed by atoms with Crippen molar-refractivity contribution < 1.29 is 0 Å². The summed E-state index contributed by atoms with van der Waals surface area (Å²) in [7, 11) is 0. The zero-order chi connectivity index (χ0) is 45.2. The van der Waals surface area contributed by atoms with Gasteiger partial charge in [0.15, 0.2) is 0 Å². The quantitative estimate of drug-likeness (QED) is 0.133. The molecule has 0 fully saturated rings. The summed E-state index contributed by atoms with van der Waals surface area (Å²) in [5, 5.41) is 2.47. The zero-order valence-electron chi connectivity index (χ0n) is 37.5. The van der Waals surface area contributed by atoms with Gasteiger partial charge in [0.05, 0.1) is 11.0 Å². The van der Waals surface area contributed by atoms with Crippen LogP contribution < -0.4 is 4.90 Å². The maximum Gasteiger partial charge on any atom is 0.0541 e. The maximum absolute atomic E-state index is 2.42. The van der Waals surface area contributed by atoms with Crippen LogP contribution in [0.15, 0.2) is 279 Å². The summed E-state index contributed by atoms with van der Waals surface area (Å²) in [5.74, 6) is 0. The van der Waals surface area contributed by atoms with Crippen molar-refractivity contribution in [1.29, 1.82) is 0 Å². The lowest BCUT2D eigenvalue weighted by molar-refractivity contribution is 1.18. The SMILES string of the molecule is c1ccc(-c2ccc(-c3ccc(N(c4ccc(-c5ccccc5)cc4)c4ccc(-c5cccc(-n6c7ccc(-c8ccccc8)cc7c7cc(-c8ccccc8)ccc76)c5)cc4)cc3)cc2)cc1. The number of anilines is 3. The Morgan fingerprint density at radius 2 is 0.471 bits per heavy atom. The molecule has 0 aliphatic carbocycles. The normalized spacial score (nSPS) is 11.2. The summed E-state index contributed by atoms with van der Waals surface area (Å²) >= 11 is 0. The van der Waals surface area contributed by atoms with E-state index in [-0.39, 0.29) is 0 Å². The van der Waals surface area contributed by atoms with Gasteiger partial charge in [-0.1, -0.05) is 206 Å². The van der Waals surface area contributed by atoms with E-state index in [0.717, 1.165) is 33.9 Å². The summed E-state index contributed by atoms with van der Waals surface area (Å²) in [4.78, 5) is 2.35. The van der Waals surface area contributed by atoms with Crippen molar-refractivity contribution >= 4 is 38.9 Å². The van der Waals surface area contributed by atoms with Crippen LogP contribution in [0.1, 0.15) is 0 Å². The molecule has 0 atom stereocenters. The number of hydrogen-bond donors (Lipinski definition) is 0. The molecule has 12 rings (SSSR count). The predicted molar refractivity (Wildman–Crippen MR) is 288 cm³/mol. The van der Waals surface area contributed by atoms with Crippen molar-refractivity contribution in [2.75, 3.05) is 4.90 Å². The van der Waals surface area contributed by atoms with Gasteiger partial charge in [0.1, 0.15) is 0 Å². The Labute approximate surface area is 397 Å². The van der Waals surface area contributed by atoms with E-state index in [1.807, 2.05) is 0 Å². The molecule has 0 saturated heterocycles. The second-order valence-corrected chi connectivity index (χ2v) is 17.4. The van der Waals surface area contributed by atoms with Gasteiger partial charge in [-0.2, -0.15) is 0 Å². The Balaban J connectivity index is 0.901. The second kappa shape index (κ2) is 17.8. The van der Waals surface area contributed by atoms with E-state index < -0.39 is 0 Å². The molecule has 0 bridgehead atoms. The molecule has 2 nitrogen and oxygen atoms in total. The Kier molecular flexibility index (Phi) is 10.6. The van der Waals surface area contributed by atoms with Crippen LogP contribution in [-0.4, -0.2) is 4.57 Å². The van der Waals surface area contributed by atoms with E-state index in [1.54, 1.807) is 0 Å². The minimum absolute atomic E-state index is 1.09. The highest BCUT2D eigenvalue weighted by Gasteiger charge is 2.17. The van der Waals surface area contributed by atoms with Gasteiger partial charge < -0.3 is 9.47 Å². The van der Waals surface area contributed by atoms with Gasteiger partial charge in [-0.3, -0.25) is 0 Å². The van der Waals surface area contributed by atoms with Gasteiger partial charge in [-0.05, 0) is 140 Å². The number of aromatic nitrogens is 1. The van der Waals surface area contributed by atoms with Crippen LogP contribution in [-0.2, 0) is 0 Å². The van der Waals surface area contributed by atoms with Crippen molar-refractivity contribution in [3.63, 3.8) is 0 Å². The van der Waals surface area contributed by atoms with Crippen molar-refractivity contribution in [1.82, 2.24) is 4.57 Å². The molecule has 11 aromatic carbocycles. The zero-order valence-corrected chi connectivity index (χ0v) is 37.5. The first-order valence-corrected chi connectivity index (χ1v) is 23.3. The van der Waals surface area contributed by atoms with Gasteiger partial charge >= 0.3 is 0 Å². The van der Waals surface area contributed by atoms with Gasteiger partial charge in [-0.15, -0.1) is 0 Å². The molecule has 1 heterocycles. The molecule has 68 heavy (non-hydrogen) atoms. The first-order valence-electron chi connectivity index (χ1n) is 23.3. The van der Waals surface area contributed by atoms with Gasteiger partial charge in [-0.25, -0.2) is 0 Å². The fraction of sp³-hybridized carbons (Fsp3) is 0. The summed E-state index contributed by atoms with van der Waals surface area (Å²) in [5.41, 5.74) is 21.1. The van der Waals surface area contributed by atoms with Crippen LogP contribution in [0.5, 0.6) is 0 Å². The molecule has 0 unspecified atom stereocenters. The number of rotatable bonds is 10. The molecule has 0 saturated carbocycles. The summed E-state index contributed by atoms with van der Waals surface area (Å²) in [6, 6.07) is 101. The Morgan fingerprint density at radius 1 is 0.206 bits per heavy atom. The summed E-state index contributed by atoms with van der Waals surface area (Å²) in [6.45, 7) is 0. The van der Waals surface area contributed by atoms with Crippen LogP contribution in [0, 0.1) is 0 Å². The summed E-state index contributed by atoms with van der Waals surface area (Å²) in [6.07, 6.45) is 0. The molecule has 0 amide bonds. The van der Waals surface area contributed by atoms with Crippen LogP contribution in [0.2, 0.25) is 0 Å². The van der Waals surface area contributed by atoms with E-state index in [2.05, 4.69) is 289 Å². The average molecular weight is 867 g/mol. The van der Waals surface area contributed by atoms with Gasteiger partial charge in [0, 0.05) is 33.5 Å². The molecule has 0 N–H and O–H groups in total. The molecule has 12 aromatic rings. The topological polar surface area (TPSA) is 8.17 Å². The van der Waals surface area contributed by atoms with E-state index >= 15 is 0 Å². The third-order valence-corrected chi connectivity index (χ3v) is 13.2. The van der Waals surface area contributed by atoms with E-state index in [0.29, 0.717) is 0 Å². The van der Waals surface area contributed by atoms with Crippen LogP contribution in [0.4, 0.5) is 17.1 Å². The largest absolute Gasteiger partial charge is 0.311 e. The highest BCUT2D eigenvalue weighted by Crippen LogP contribution is 2.40. The first-order chi connectivity index (χ1) is 33.7. The van der Waals surface area contributed by atoms with Crippen LogP contribution in [0.25, 0.3) is 94.3 Å². The first kappa shape index (κ1) is 40.5. The predicted octanol–water partition coefficient (Wildman–Crippen LogP) is 18.3. The van der Waals surface area contributed by atoms with Crippen molar-refractivity contribution in [2.24, 2.45) is 0 Å². The number of fused-ring (bicyclic) bond motifs is 3. The molecule has 1 aromatic heterocycles. The molecule has 0 spiro atoms. The minimum Gasteiger partial charge on any atom is -0.311 e. The minimum atomic E-state index is 1.09. The number of nitrogens with zero attached hydrogens (tertiary/aromatic N) is 2. The molecule has 2 heteroatoms. The Bertz CT molecular complexity index is 3560. The monoisotopic (exact) mass is 866 g/mol. The fourth-order valence-corrected chi connectivity index (χ4v) is 9.72. The molecular weight excluding hydrogens is 821 g/mol. The Hall–Kier alpha value is -8.98.